The highest BCUT2D eigenvalue weighted by molar-refractivity contribution is 5.78. The largest absolute Gasteiger partial charge is 0.490 e. The van der Waals surface area contributed by atoms with Crippen LogP contribution in [0.15, 0.2) is 18.2 Å². The zero-order valence-electron chi connectivity index (χ0n) is 13.9. The van der Waals surface area contributed by atoms with Gasteiger partial charge >= 0.3 is 5.97 Å². The fourth-order valence-electron chi connectivity index (χ4n) is 2.53. The van der Waals surface area contributed by atoms with Crippen LogP contribution < -0.4 is 10.1 Å². The Morgan fingerprint density at radius 2 is 1.95 bits per heavy atom. The van der Waals surface area contributed by atoms with Gasteiger partial charge in [-0.3, -0.25) is 10.1 Å². The van der Waals surface area contributed by atoms with Gasteiger partial charge in [0.15, 0.2) is 0 Å². The lowest BCUT2D eigenvalue weighted by atomic mass is 9.94. The van der Waals surface area contributed by atoms with E-state index in [-0.39, 0.29) is 12.1 Å². The number of nitrogens with one attached hydrogen (secondary N) is 1. The maximum absolute atomic E-state index is 11.5. The summed E-state index contributed by atoms with van der Waals surface area (Å²) in [5.41, 5.74) is 1.27. The third-order valence-electron chi connectivity index (χ3n) is 3.66. The highest BCUT2D eigenvalue weighted by Gasteiger charge is 2.35. The van der Waals surface area contributed by atoms with Crippen LogP contribution >= 0.6 is 0 Å². The molecule has 1 aromatic carbocycles. The van der Waals surface area contributed by atoms with Gasteiger partial charge in [-0.05, 0) is 58.7 Å². The first-order chi connectivity index (χ1) is 9.65. The fourth-order valence-corrected chi connectivity index (χ4v) is 2.53. The summed E-state index contributed by atoms with van der Waals surface area (Å²) in [5.74, 6) is -0.0348. The molecular weight excluding hydrogens is 266 g/mol. The molecule has 4 nitrogen and oxygen atoms in total. The van der Waals surface area contributed by atoms with E-state index in [1.165, 1.54) is 5.56 Å². The van der Waals surface area contributed by atoms with Crippen LogP contribution in [0.25, 0.3) is 0 Å². The van der Waals surface area contributed by atoms with Crippen LogP contribution in [0, 0.1) is 13.8 Å². The molecule has 0 aliphatic rings. The van der Waals surface area contributed by atoms with E-state index >= 15 is 0 Å². The van der Waals surface area contributed by atoms with Crippen LogP contribution in [0.1, 0.15) is 45.2 Å². The Morgan fingerprint density at radius 1 is 1.33 bits per heavy atom. The molecule has 21 heavy (non-hydrogen) atoms. The predicted octanol–water partition coefficient (Wildman–Crippen LogP) is 3.30. The van der Waals surface area contributed by atoms with Crippen LogP contribution in [0.5, 0.6) is 5.75 Å². The number of hydrogen-bond acceptors (Lipinski definition) is 3. The van der Waals surface area contributed by atoms with Crippen LogP contribution in [0.2, 0.25) is 0 Å². The number of benzene rings is 1. The molecule has 4 heteroatoms. The standard InChI is InChI=1S/C17H27NO3/c1-11(2)18-17(6,16(19)20)10-13(4)21-15-9-7-8-12(3)14(15)5/h7-9,11,13,18H,10H2,1-6H3,(H,19,20). The Bertz CT molecular complexity index is 499. The molecule has 0 fully saturated rings. The summed E-state index contributed by atoms with van der Waals surface area (Å²) in [6, 6.07) is 6.01. The average molecular weight is 293 g/mol. The Kier molecular flexibility index (Phi) is 5.78. The Morgan fingerprint density at radius 3 is 2.48 bits per heavy atom. The van der Waals surface area contributed by atoms with Gasteiger partial charge < -0.3 is 9.84 Å². The highest BCUT2D eigenvalue weighted by atomic mass is 16.5. The van der Waals surface area contributed by atoms with Gasteiger partial charge in [0.05, 0.1) is 6.10 Å². The molecule has 118 valence electrons. The summed E-state index contributed by atoms with van der Waals surface area (Å²) < 4.78 is 5.95. The minimum atomic E-state index is -0.995. The smallest absolute Gasteiger partial charge is 0.323 e. The molecule has 0 saturated heterocycles. The van der Waals surface area contributed by atoms with Gasteiger partial charge in [0.2, 0.25) is 0 Å². The maximum Gasteiger partial charge on any atom is 0.323 e. The lowest BCUT2D eigenvalue weighted by molar-refractivity contribution is -0.145. The third kappa shape index (κ3) is 4.74. The first kappa shape index (κ1) is 17.5. The number of carboxylic acids is 1. The predicted molar refractivity (Wildman–Crippen MR) is 84.9 cm³/mol. The molecule has 0 aliphatic carbocycles. The molecule has 0 aromatic heterocycles. The lowest BCUT2D eigenvalue weighted by Crippen LogP contribution is -2.54. The molecule has 0 heterocycles. The van der Waals surface area contributed by atoms with Crippen LogP contribution in [-0.4, -0.2) is 28.8 Å². The maximum atomic E-state index is 11.5. The van der Waals surface area contributed by atoms with E-state index in [1.807, 2.05) is 52.8 Å². The minimum absolute atomic E-state index is 0.0963. The van der Waals surface area contributed by atoms with E-state index in [1.54, 1.807) is 6.92 Å². The van der Waals surface area contributed by atoms with Crippen LogP contribution in [-0.2, 0) is 4.79 Å². The zero-order chi connectivity index (χ0) is 16.2. The van der Waals surface area contributed by atoms with Gasteiger partial charge in [-0.25, -0.2) is 0 Å². The second-order valence-corrected chi connectivity index (χ2v) is 6.27. The molecule has 0 bridgehead atoms. The second-order valence-electron chi connectivity index (χ2n) is 6.27. The number of carboxylic acid groups (broad SMARTS) is 1. The van der Waals surface area contributed by atoms with E-state index in [4.69, 9.17) is 4.74 Å². The summed E-state index contributed by atoms with van der Waals surface area (Å²) in [7, 11) is 0. The van der Waals surface area contributed by atoms with E-state index in [9.17, 15) is 9.90 Å². The van der Waals surface area contributed by atoms with E-state index in [2.05, 4.69) is 5.32 Å². The number of aryl methyl sites for hydroxylation is 1. The SMILES string of the molecule is Cc1cccc(OC(C)CC(C)(NC(C)C)C(=O)O)c1C. The van der Waals surface area contributed by atoms with Crippen molar-refractivity contribution >= 4 is 5.97 Å². The van der Waals surface area contributed by atoms with Crippen molar-refractivity contribution in [2.24, 2.45) is 0 Å². The van der Waals surface area contributed by atoms with Gasteiger partial charge in [-0.2, -0.15) is 0 Å². The lowest BCUT2D eigenvalue weighted by Gasteiger charge is -2.31. The van der Waals surface area contributed by atoms with Crippen molar-refractivity contribution in [2.75, 3.05) is 0 Å². The molecule has 0 saturated carbocycles. The van der Waals surface area contributed by atoms with E-state index < -0.39 is 11.5 Å². The van der Waals surface area contributed by atoms with E-state index in [0.717, 1.165) is 11.3 Å². The second kappa shape index (κ2) is 6.94. The van der Waals surface area contributed by atoms with Crippen molar-refractivity contribution in [1.29, 1.82) is 0 Å². The molecular formula is C17H27NO3. The fraction of sp³-hybridized carbons (Fsp3) is 0.588. The van der Waals surface area contributed by atoms with Crippen molar-refractivity contribution in [1.82, 2.24) is 5.32 Å². The Labute approximate surface area is 127 Å². The summed E-state index contributed by atoms with van der Waals surface area (Å²) in [6.45, 7) is 11.5. The number of hydrogen-bond donors (Lipinski definition) is 2. The molecule has 0 spiro atoms. The third-order valence-corrected chi connectivity index (χ3v) is 3.66. The first-order valence-corrected chi connectivity index (χ1v) is 7.39. The molecule has 0 amide bonds. The summed E-state index contributed by atoms with van der Waals surface area (Å²) >= 11 is 0. The first-order valence-electron chi connectivity index (χ1n) is 7.39. The van der Waals surface area contributed by atoms with Crippen molar-refractivity contribution in [3.05, 3.63) is 29.3 Å². The Hall–Kier alpha value is -1.55. The van der Waals surface area contributed by atoms with Gasteiger partial charge in [0.1, 0.15) is 11.3 Å². The van der Waals surface area contributed by atoms with Gasteiger partial charge in [0.25, 0.3) is 0 Å². The van der Waals surface area contributed by atoms with E-state index in [0.29, 0.717) is 6.42 Å². The van der Waals surface area contributed by atoms with Crippen molar-refractivity contribution in [3.63, 3.8) is 0 Å². The van der Waals surface area contributed by atoms with Crippen LogP contribution in [0.3, 0.4) is 0 Å². The average Bonchev–Trinajstić information content (AvgIpc) is 2.33. The molecule has 1 aromatic rings. The number of aliphatic carboxylic acids is 1. The highest BCUT2D eigenvalue weighted by Crippen LogP contribution is 2.24. The zero-order valence-corrected chi connectivity index (χ0v) is 13.9. The normalized spacial score (nSPS) is 15.6. The number of carbonyl (C=O) groups is 1. The molecule has 0 aliphatic heterocycles. The van der Waals surface area contributed by atoms with Crippen molar-refractivity contribution in [2.45, 2.75) is 65.6 Å². The van der Waals surface area contributed by atoms with Gasteiger partial charge in [0, 0.05) is 12.5 Å². The topological polar surface area (TPSA) is 58.6 Å². The van der Waals surface area contributed by atoms with Crippen LogP contribution in [0.4, 0.5) is 0 Å². The quantitative estimate of drug-likeness (QED) is 0.810. The molecule has 2 unspecified atom stereocenters. The summed E-state index contributed by atoms with van der Waals surface area (Å²) in [5, 5.41) is 12.6. The van der Waals surface area contributed by atoms with Crippen molar-refractivity contribution in [3.8, 4) is 5.75 Å². The van der Waals surface area contributed by atoms with Gasteiger partial charge in [-0.1, -0.05) is 12.1 Å². The van der Waals surface area contributed by atoms with Gasteiger partial charge in [-0.15, -0.1) is 0 Å². The monoisotopic (exact) mass is 293 g/mol. The molecule has 2 atom stereocenters. The summed E-state index contributed by atoms with van der Waals surface area (Å²) in [6.07, 6.45) is 0.200. The number of rotatable bonds is 7. The molecule has 0 radical (unpaired) electrons. The Balaban J connectivity index is 2.81. The molecule has 1 rings (SSSR count). The number of ether oxygens (including phenoxy) is 1. The summed E-state index contributed by atoms with van der Waals surface area (Å²) in [4.78, 5) is 11.5. The minimum Gasteiger partial charge on any atom is -0.490 e. The van der Waals surface area contributed by atoms with Crippen molar-refractivity contribution < 1.29 is 14.6 Å². The molecule has 2 N–H and O–H groups in total.